The van der Waals surface area contributed by atoms with E-state index in [2.05, 4.69) is 29.7 Å². The van der Waals surface area contributed by atoms with Gasteiger partial charge in [-0.05, 0) is 37.3 Å². The Labute approximate surface area is 183 Å². The molecule has 0 radical (unpaired) electrons. The molecule has 0 saturated carbocycles. The van der Waals surface area contributed by atoms with Crippen LogP contribution in [0.3, 0.4) is 0 Å². The highest BCUT2D eigenvalue weighted by atomic mass is 16.7. The number of aryl methyl sites for hydroxylation is 1. The second kappa shape index (κ2) is 7.97. The van der Waals surface area contributed by atoms with Crippen LogP contribution in [-0.2, 0) is 17.8 Å². The van der Waals surface area contributed by atoms with Crippen molar-refractivity contribution in [2.75, 3.05) is 13.7 Å². The number of aromatic nitrogens is 4. The number of carbonyl (C=O) groups is 1. The van der Waals surface area contributed by atoms with Gasteiger partial charge in [0.05, 0.1) is 34.2 Å². The summed E-state index contributed by atoms with van der Waals surface area (Å²) in [7, 11) is 1.65. The number of fused-ring (bicyclic) bond motifs is 4. The van der Waals surface area contributed by atoms with Crippen LogP contribution in [0.2, 0.25) is 0 Å². The number of pyridine rings is 1. The van der Waals surface area contributed by atoms with Gasteiger partial charge in [0.15, 0.2) is 5.82 Å². The topological polar surface area (TPSA) is 91.4 Å². The molecule has 1 N–H and O–H groups in total. The van der Waals surface area contributed by atoms with E-state index in [1.165, 1.54) is 0 Å². The molecule has 3 heterocycles. The number of imidazole rings is 1. The third-order valence-electron chi connectivity index (χ3n) is 5.60. The molecule has 0 fully saturated rings. The first-order chi connectivity index (χ1) is 15.6. The summed E-state index contributed by atoms with van der Waals surface area (Å²) in [5.74, 6) is 0.919. The molecule has 5 rings (SSSR count). The van der Waals surface area contributed by atoms with Gasteiger partial charge in [0.25, 0.3) is 0 Å². The smallest absolute Gasteiger partial charge is 0.449 e. The number of nitrogens with zero attached hydrogens (tertiary/aromatic N) is 4. The van der Waals surface area contributed by atoms with Crippen LogP contribution in [-0.4, -0.2) is 44.1 Å². The lowest BCUT2D eigenvalue weighted by atomic mass is 10.2. The summed E-state index contributed by atoms with van der Waals surface area (Å²) in [6.45, 7) is 4.06. The van der Waals surface area contributed by atoms with Gasteiger partial charge in [0, 0.05) is 31.7 Å². The van der Waals surface area contributed by atoms with Gasteiger partial charge in [-0.2, -0.15) is 0 Å². The van der Waals surface area contributed by atoms with Gasteiger partial charge in [-0.3, -0.25) is 0 Å². The molecule has 0 aliphatic carbocycles. The van der Waals surface area contributed by atoms with E-state index in [-0.39, 0.29) is 5.75 Å². The lowest BCUT2D eigenvalue weighted by Crippen LogP contribution is -2.07. The largest absolute Gasteiger partial charge is 0.511 e. The zero-order chi connectivity index (χ0) is 22.2. The minimum atomic E-state index is -1.36. The lowest BCUT2D eigenvalue weighted by Gasteiger charge is -2.09. The quantitative estimate of drug-likeness (QED) is 0.303. The number of methoxy groups -OCH3 is 1. The molecule has 0 aliphatic heterocycles. The average Bonchev–Trinajstić information content (AvgIpc) is 3.31. The molecular formula is C24H22N4O4. The van der Waals surface area contributed by atoms with E-state index in [0.717, 1.165) is 39.7 Å². The van der Waals surface area contributed by atoms with Crippen LogP contribution in [0.1, 0.15) is 6.92 Å². The first-order valence-corrected chi connectivity index (χ1v) is 10.4. The van der Waals surface area contributed by atoms with Gasteiger partial charge in [-0.25, -0.2) is 14.8 Å². The van der Waals surface area contributed by atoms with Crippen LogP contribution in [0, 0.1) is 0 Å². The average molecular weight is 430 g/mol. The van der Waals surface area contributed by atoms with Crippen LogP contribution >= 0.6 is 0 Å². The predicted octanol–water partition coefficient (Wildman–Crippen LogP) is 4.93. The Morgan fingerprint density at radius 1 is 1.00 bits per heavy atom. The highest BCUT2D eigenvalue weighted by Gasteiger charge is 2.18. The Kier molecular flexibility index (Phi) is 4.99. The van der Waals surface area contributed by atoms with E-state index >= 15 is 0 Å². The molecule has 5 aromatic rings. The maximum absolute atomic E-state index is 10.9. The van der Waals surface area contributed by atoms with Gasteiger partial charge in [0.2, 0.25) is 0 Å². The summed E-state index contributed by atoms with van der Waals surface area (Å²) in [5, 5.41) is 10.0. The summed E-state index contributed by atoms with van der Waals surface area (Å²) in [4.78, 5) is 20.7. The van der Waals surface area contributed by atoms with Crippen LogP contribution in [0.15, 0.2) is 54.6 Å². The molecule has 0 atom stereocenters. The molecule has 0 bridgehead atoms. The number of hydrogen-bond donors (Lipinski definition) is 1. The Bertz CT molecular complexity index is 1470. The zero-order valence-electron chi connectivity index (χ0n) is 17.8. The highest BCUT2D eigenvalue weighted by Crippen LogP contribution is 2.32. The summed E-state index contributed by atoms with van der Waals surface area (Å²) in [6.07, 6.45) is -1.36. The molecule has 0 saturated heterocycles. The van der Waals surface area contributed by atoms with Crippen molar-refractivity contribution in [1.29, 1.82) is 0 Å². The van der Waals surface area contributed by atoms with Gasteiger partial charge in [0.1, 0.15) is 11.4 Å². The second-order valence-electron chi connectivity index (χ2n) is 7.42. The van der Waals surface area contributed by atoms with E-state index in [1.807, 2.05) is 22.8 Å². The number of benzene rings is 2. The molecule has 2 aromatic carbocycles. The maximum Gasteiger partial charge on any atom is 0.511 e. The van der Waals surface area contributed by atoms with Crippen molar-refractivity contribution in [3.8, 4) is 17.3 Å². The number of hydrogen-bond acceptors (Lipinski definition) is 5. The molecule has 0 unspecified atom stereocenters. The molecular weight excluding hydrogens is 408 g/mol. The maximum atomic E-state index is 10.9. The first kappa shape index (κ1) is 20.0. The van der Waals surface area contributed by atoms with E-state index < -0.39 is 6.16 Å². The minimum Gasteiger partial charge on any atom is -0.449 e. The van der Waals surface area contributed by atoms with Crippen molar-refractivity contribution in [2.45, 2.75) is 20.0 Å². The summed E-state index contributed by atoms with van der Waals surface area (Å²) in [5.41, 5.74) is 5.39. The molecule has 0 amide bonds. The molecule has 32 heavy (non-hydrogen) atoms. The van der Waals surface area contributed by atoms with E-state index in [4.69, 9.17) is 24.5 Å². The van der Waals surface area contributed by atoms with Crippen molar-refractivity contribution in [1.82, 2.24) is 19.1 Å². The van der Waals surface area contributed by atoms with Crippen molar-refractivity contribution < 1.29 is 19.4 Å². The molecule has 8 heteroatoms. The van der Waals surface area contributed by atoms with Crippen LogP contribution < -0.4 is 4.74 Å². The first-order valence-electron chi connectivity index (χ1n) is 10.4. The molecule has 0 aliphatic rings. The van der Waals surface area contributed by atoms with E-state index in [0.29, 0.717) is 24.5 Å². The Morgan fingerprint density at radius 3 is 2.59 bits per heavy atom. The Morgan fingerprint density at radius 2 is 1.81 bits per heavy atom. The third kappa shape index (κ3) is 3.25. The van der Waals surface area contributed by atoms with Crippen molar-refractivity contribution in [3.05, 3.63) is 54.6 Å². The summed E-state index contributed by atoms with van der Waals surface area (Å²) in [6, 6.07) is 17.4. The minimum absolute atomic E-state index is 0.224. The lowest BCUT2D eigenvalue weighted by molar-refractivity contribution is 0.144. The fourth-order valence-electron chi connectivity index (χ4n) is 4.25. The number of rotatable bonds is 6. The molecule has 3 aromatic heterocycles. The van der Waals surface area contributed by atoms with E-state index in [9.17, 15) is 4.79 Å². The fraction of sp³-hybridized carbons (Fsp3) is 0.208. The van der Waals surface area contributed by atoms with Crippen LogP contribution in [0.5, 0.6) is 5.75 Å². The SMILES string of the molecule is CCn1c2ccccc2c2nc(-c3nc4cc(OC(=O)O)ccc4n3CCOC)ccc21. The highest BCUT2D eigenvalue weighted by molar-refractivity contribution is 6.06. The molecule has 0 spiro atoms. The van der Waals surface area contributed by atoms with Crippen molar-refractivity contribution in [2.24, 2.45) is 0 Å². The normalized spacial score (nSPS) is 11.6. The van der Waals surface area contributed by atoms with E-state index in [1.54, 1.807) is 25.3 Å². The van der Waals surface area contributed by atoms with Gasteiger partial charge < -0.3 is 23.7 Å². The van der Waals surface area contributed by atoms with Crippen LogP contribution in [0.4, 0.5) is 4.79 Å². The molecule has 162 valence electrons. The number of ether oxygens (including phenoxy) is 2. The van der Waals surface area contributed by atoms with Crippen molar-refractivity contribution in [3.63, 3.8) is 0 Å². The Balaban J connectivity index is 1.72. The fourth-order valence-corrected chi connectivity index (χ4v) is 4.25. The molecule has 8 nitrogen and oxygen atoms in total. The predicted molar refractivity (Wildman–Crippen MR) is 122 cm³/mol. The number of carboxylic acid groups (broad SMARTS) is 1. The van der Waals surface area contributed by atoms with Gasteiger partial charge in [-0.15, -0.1) is 0 Å². The zero-order valence-corrected chi connectivity index (χ0v) is 17.8. The summed E-state index contributed by atoms with van der Waals surface area (Å²) >= 11 is 0. The standard InChI is InChI=1S/C24H22N4O4/c1-3-27-19-7-5-4-6-16(19)22-21(27)11-9-17(25-22)23-26-18-14-15(32-24(29)30)8-10-20(18)28(23)12-13-31-2/h4-11,14H,3,12-13H2,1-2H3,(H,29,30). The monoisotopic (exact) mass is 430 g/mol. The van der Waals surface area contributed by atoms with Crippen LogP contribution in [0.25, 0.3) is 44.5 Å². The van der Waals surface area contributed by atoms with Gasteiger partial charge >= 0.3 is 6.16 Å². The summed E-state index contributed by atoms with van der Waals surface area (Å²) < 4.78 is 14.4. The number of para-hydroxylation sites is 1. The van der Waals surface area contributed by atoms with Gasteiger partial charge in [-0.1, -0.05) is 18.2 Å². The van der Waals surface area contributed by atoms with Crippen molar-refractivity contribution >= 4 is 39.1 Å². The second-order valence-corrected chi connectivity index (χ2v) is 7.42. The Hall–Kier alpha value is -3.91. The third-order valence-corrected chi connectivity index (χ3v) is 5.60.